The highest BCUT2D eigenvalue weighted by Crippen LogP contribution is 2.35. The van der Waals surface area contributed by atoms with E-state index < -0.39 is 5.97 Å². The van der Waals surface area contributed by atoms with E-state index in [9.17, 15) is 4.79 Å². The molecule has 1 fully saturated rings. The van der Waals surface area contributed by atoms with E-state index in [1.165, 1.54) is 0 Å². The zero-order valence-corrected chi connectivity index (χ0v) is 10.6. The van der Waals surface area contributed by atoms with E-state index in [1.807, 2.05) is 12.1 Å². The molecule has 98 valence electrons. The van der Waals surface area contributed by atoms with Gasteiger partial charge in [-0.1, -0.05) is 6.92 Å². The van der Waals surface area contributed by atoms with Crippen LogP contribution in [0.3, 0.4) is 0 Å². The summed E-state index contributed by atoms with van der Waals surface area (Å²) in [7, 11) is 0. The number of aliphatic carboxylic acids is 1. The van der Waals surface area contributed by atoms with E-state index in [0.29, 0.717) is 5.69 Å². The van der Waals surface area contributed by atoms with Crippen molar-refractivity contribution in [1.82, 2.24) is 4.98 Å². The number of carboxylic acids is 1. The van der Waals surface area contributed by atoms with Crippen molar-refractivity contribution in [2.45, 2.75) is 26.2 Å². The third-order valence-electron chi connectivity index (χ3n) is 3.64. The molecule has 1 aromatic rings. The van der Waals surface area contributed by atoms with E-state index in [4.69, 9.17) is 10.8 Å². The van der Waals surface area contributed by atoms with Crippen LogP contribution >= 0.6 is 0 Å². The molecule has 5 heteroatoms. The monoisotopic (exact) mass is 249 g/mol. The molecule has 3 N–H and O–H groups in total. The maximum atomic E-state index is 10.8. The van der Waals surface area contributed by atoms with E-state index in [0.717, 1.165) is 31.7 Å². The third-order valence-corrected chi connectivity index (χ3v) is 3.64. The lowest BCUT2D eigenvalue weighted by Crippen LogP contribution is -2.40. The molecule has 0 bridgehead atoms. The molecule has 1 aromatic heterocycles. The first-order valence-corrected chi connectivity index (χ1v) is 6.17. The number of hydrogen-bond donors (Lipinski definition) is 2. The molecule has 0 unspecified atom stereocenters. The summed E-state index contributed by atoms with van der Waals surface area (Å²) in [6.07, 6.45) is 3.66. The van der Waals surface area contributed by atoms with Crippen molar-refractivity contribution in [1.29, 1.82) is 0 Å². The van der Waals surface area contributed by atoms with Gasteiger partial charge in [0.1, 0.15) is 5.82 Å². The lowest BCUT2D eigenvalue weighted by molar-refractivity contribution is -0.139. The van der Waals surface area contributed by atoms with Gasteiger partial charge in [0.2, 0.25) is 0 Å². The Morgan fingerprint density at radius 3 is 2.67 bits per heavy atom. The van der Waals surface area contributed by atoms with Crippen LogP contribution in [0, 0.1) is 5.41 Å². The van der Waals surface area contributed by atoms with Crippen molar-refractivity contribution in [3.8, 4) is 0 Å². The molecule has 0 aliphatic carbocycles. The Kier molecular flexibility index (Phi) is 3.41. The van der Waals surface area contributed by atoms with Gasteiger partial charge in [-0.25, -0.2) is 4.98 Å². The van der Waals surface area contributed by atoms with Crippen LogP contribution < -0.4 is 10.6 Å². The summed E-state index contributed by atoms with van der Waals surface area (Å²) < 4.78 is 0. The third kappa shape index (κ3) is 2.91. The second-order valence-electron chi connectivity index (χ2n) is 5.32. The predicted octanol–water partition coefficient (Wildman–Crippen LogP) is 1.74. The second kappa shape index (κ2) is 4.84. The van der Waals surface area contributed by atoms with E-state index >= 15 is 0 Å². The fourth-order valence-corrected chi connectivity index (χ4v) is 2.40. The van der Waals surface area contributed by atoms with Crippen LogP contribution in [0.15, 0.2) is 18.3 Å². The normalized spacial score (nSPS) is 18.6. The number of anilines is 2. The number of aromatic nitrogens is 1. The molecule has 0 amide bonds. The Morgan fingerprint density at radius 2 is 2.17 bits per heavy atom. The van der Waals surface area contributed by atoms with Crippen molar-refractivity contribution >= 4 is 17.5 Å². The fraction of sp³-hybridized carbons (Fsp3) is 0.538. The van der Waals surface area contributed by atoms with Crippen molar-refractivity contribution in [2.24, 2.45) is 5.41 Å². The Bertz CT molecular complexity index is 422. The maximum absolute atomic E-state index is 10.8. The summed E-state index contributed by atoms with van der Waals surface area (Å²) in [5.74, 6) is 0.207. The molecule has 2 heterocycles. The number of nitrogens with zero attached hydrogens (tertiary/aromatic N) is 2. The van der Waals surface area contributed by atoms with Gasteiger partial charge in [-0.3, -0.25) is 4.79 Å². The summed E-state index contributed by atoms with van der Waals surface area (Å²) in [5.41, 5.74) is 6.18. The number of pyridine rings is 1. The minimum atomic E-state index is -0.712. The number of nitrogen functional groups attached to an aromatic ring is 1. The van der Waals surface area contributed by atoms with Crippen LogP contribution in [0.5, 0.6) is 0 Å². The maximum Gasteiger partial charge on any atom is 0.303 e. The van der Waals surface area contributed by atoms with Gasteiger partial charge >= 0.3 is 5.97 Å². The van der Waals surface area contributed by atoms with Crippen LogP contribution in [0.4, 0.5) is 11.5 Å². The summed E-state index contributed by atoms with van der Waals surface area (Å²) in [6.45, 7) is 3.75. The number of carbonyl (C=O) groups is 1. The Morgan fingerprint density at radius 1 is 1.50 bits per heavy atom. The second-order valence-corrected chi connectivity index (χ2v) is 5.32. The average Bonchev–Trinajstić information content (AvgIpc) is 2.30. The number of hydrogen-bond acceptors (Lipinski definition) is 4. The van der Waals surface area contributed by atoms with Gasteiger partial charge in [0.25, 0.3) is 0 Å². The van der Waals surface area contributed by atoms with E-state index in [2.05, 4.69) is 16.8 Å². The van der Waals surface area contributed by atoms with Crippen LogP contribution in [0.2, 0.25) is 0 Å². The molecule has 0 radical (unpaired) electrons. The fourth-order valence-electron chi connectivity index (χ4n) is 2.40. The summed E-state index contributed by atoms with van der Waals surface area (Å²) in [6, 6.07) is 3.75. The lowest BCUT2D eigenvalue weighted by atomic mass is 9.77. The molecule has 0 atom stereocenters. The Hall–Kier alpha value is -1.78. The van der Waals surface area contributed by atoms with Crippen LogP contribution in [0.1, 0.15) is 26.2 Å². The smallest absolute Gasteiger partial charge is 0.303 e. The largest absolute Gasteiger partial charge is 0.481 e. The van der Waals surface area contributed by atoms with Gasteiger partial charge in [0, 0.05) is 13.1 Å². The van der Waals surface area contributed by atoms with Gasteiger partial charge in [-0.05, 0) is 30.4 Å². The van der Waals surface area contributed by atoms with Crippen LogP contribution in [-0.4, -0.2) is 29.1 Å². The first kappa shape index (κ1) is 12.7. The highest BCUT2D eigenvalue weighted by Gasteiger charge is 2.32. The molecule has 1 aliphatic rings. The standard InChI is InChI=1S/C13H19N3O2/c1-13(8-12(17)18)4-6-16(7-5-13)11-3-2-10(14)9-15-11/h2-3,9H,4-8,14H2,1H3,(H,17,18). The van der Waals surface area contributed by atoms with Crippen molar-refractivity contribution in [3.63, 3.8) is 0 Å². The zero-order valence-electron chi connectivity index (χ0n) is 10.6. The number of rotatable bonds is 3. The molecule has 0 aromatic carbocycles. The minimum Gasteiger partial charge on any atom is -0.481 e. The Balaban J connectivity index is 1.98. The molecular formula is C13H19N3O2. The van der Waals surface area contributed by atoms with Gasteiger partial charge in [-0.2, -0.15) is 0 Å². The van der Waals surface area contributed by atoms with E-state index in [-0.39, 0.29) is 11.8 Å². The van der Waals surface area contributed by atoms with E-state index in [1.54, 1.807) is 6.20 Å². The molecule has 2 rings (SSSR count). The van der Waals surface area contributed by atoms with Gasteiger partial charge in [0.05, 0.1) is 18.3 Å². The average molecular weight is 249 g/mol. The quantitative estimate of drug-likeness (QED) is 0.853. The molecule has 0 saturated carbocycles. The lowest BCUT2D eigenvalue weighted by Gasteiger charge is -2.39. The van der Waals surface area contributed by atoms with Crippen LogP contribution in [0.25, 0.3) is 0 Å². The molecule has 5 nitrogen and oxygen atoms in total. The van der Waals surface area contributed by atoms with Gasteiger partial charge < -0.3 is 15.7 Å². The molecule has 1 aliphatic heterocycles. The first-order valence-electron chi connectivity index (χ1n) is 6.17. The zero-order chi connectivity index (χ0) is 13.2. The molecule has 1 saturated heterocycles. The molecule has 0 spiro atoms. The van der Waals surface area contributed by atoms with Crippen molar-refractivity contribution < 1.29 is 9.90 Å². The predicted molar refractivity (Wildman–Crippen MR) is 70.5 cm³/mol. The number of nitrogens with two attached hydrogens (primary N) is 1. The molecular weight excluding hydrogens is 230 g/mol. The molecule has 18 heavy (non-hydrogen) atoms. The van der Waals surface area contributed by atoms with Crippen LogP contribution in [-0.2, 0) is 4.79 Å². The number of carboxylic acid groups (broad SMARTS) is 1. The highest BCUT2D eigenvalue weighted by molar-refractivity contribution is 5.67. The first-order chi connectivity index (χ1) is 8.48. The highest BCUT2D eigenvalue weighted by atomic mass is 16.4. The van der Waals surface area contributed by atoms with Crippen molar-refractivity contribution in [2.75, 3.05) is 23.7 Å². The SMILES string of the molecule is CC1(CC(=O)O)CCN(c2ccc(N)cn2)CC1. The minimum absolute atomic E-state index is 0.0872. The topological polar surface area (TPSA) is 79.5 Å². The summed E-state index contributed by atoms with van der Waals surface area (Å²) in [4.78, 5) is 17.3. The van der Waals surface area contributed by atoms with Gasteiger partial charge in [-0.15, -0.1) is 0 Å². The number of piperidine rings is 1. The summed E-state index contributed by atoms with van der Waals surface area (Å²) >= 11 is 0. The summed E-state index contributed by atoms with van der Waals surface area (Å²) in [5, 5.41) is 8.90. The Labute approximate surface area is 107 Å². The van der Waals surface area contributed by atoms with Crippen molar-refractivity contribution in [3.05, 3.63) is 18.3 Å². The van der Waals surface area contributed by atoms with Gasteiger partial charge in [0.15, 0.2) is 0 Å².